The molecule has 0 N–H and O–H groups in total. The SMILES string of the molecule is c1ccc2c(c1)CC(Cc1cccc3ccnn13)CO2. The molecule has 1 aliphatic heterocycles. The molecule has 4 rings (SSSR count). The molecule has 3 heteroatoms. The number of nitrogens with zero attached hydrogens (tertiary/aromatic N) is 2. The van der Waals surface area contributed by atoms with E-state index in [2.05, 4.69) is 41.5 Å². The van der Waals surface area contributed by atoms with Crippen LogP contribution in [0.15, 0.2) is 54.7 Å². The van der Waals surface area contributed by atoms with Crippen molar-refractivity contribution in [2.45, 2.75) is 12.8 Å². The first-order valence-corrected chi connectivity index (χ1v) is 7.02. The predicted molar refractivity (Wildman–Crippen MR) is 78.0 cm³/mol. The zero-order chi connectivity index (χ0) is 13.4. The van der Waals surface area contributed by atoms with Gasteiger partial charge in [0.25, 0.3) is 0 Å². The molecule has 1 aliphatic rings. The summed E-state index contributed by atoms with van der Waals surface area (Å²) in [6, 6.07) is 16.7. The van der Waals surface area contributed by atoms with Crippen LogP contribution in [-0.4, -0.2) is 16.2 Å². The van der Waals surface area contributed by atoms with Gasteiger partial charge in [0.15, 0.2) is 0 Å². The van der Waals surface area contributed by atoms with Gasteiger partial charge < -0.3 is 4.74 Å². The highest BCUT2D eigenvalue weighted by Crippen LogP contribution is 2.28. The third kappa shape index (κ3) is 1.95. The van der Waals surface area contributed by atoms with E-state index in [1.54, 1.807) is 0 Å². The van der Waals surface area contributed by atoms with Gasteiger partial charge in [0.05, 0.1) is 12.1 Å². The summed E-state index contributed by atoms with van der Waals surface area (Å²) in [6.07, 6.45) is 3.92. The molecule has 100 valence electrons. The molecule has 1 unspecified atom stereocenters. The summed E-state index contributed by atoms with van der Waals surface area (Å²) in [5.41, 5.74) is 3.72. The molecule has 20 heavy (non-hydrogen) atoms. The van der Waals surface area contributed by atoms with Crippen molar-refractivity contribution in [2.24, 2.45) is 5.92 Å². The fourth-order valence-corrected chi connectivity index (χ4v) is 2.98. The van der Waals surface area contributed by atoms with Crippen LogP contribution >= 0.6 is 0 Å². The molecule has 0 saturated heterocycles. The lowest BCUT2D eigenvalue weighted by molar-refractivity contribution is 0.220. The first kappa shape index (κ1) is 11.5. The van der Waals surface area contributed by atoms with Gasteiger partial charge in [0.1, 0.15) is 5.75 Å². The molecule has 0 bridgehead atoms. The fraction of sp³-hybridized carbons (Fsp3) is 0.235. The van der Waals surface area contributed by atoms with Crippen LogP contribution in [-0.2, 0) is 12.8 Å². The third-order valence-electron chi connectivity index (χ3n) is 3.95. The summed E-state index contributed by atoms with van der Waals surface area (Å²) in [7, 11) is 0. The molecule has 0 amide bonds. The number of para-hydroxylation sites is 1. The second-order valence-electron chi connectivity index (χ2n) is 5.38. The van der Waals surface area contributed by atoms with Gasteiger partial charge in [-0.1, -0.05) is 24.3 Å². The van der Waals surface area contributed by atoms with Crippen LogP contribution < -0.4 is 4.74 Å². The predicted octanol–water partition coefficient (Wildman–Crippen LogP) is 3.13. The third-order valence-corrected chi connectivity index (χ3v) is 3.95. The number of fused-ring (bicyclic) bond motifs is 2. The van der Waals surface area contributed by atoms with Gasteiger partial charge in [-0.05, 0) is 42.7 Å². The highest BCUT2D eigenvalue weighted by Gasteiger charge is 2.20. The Morgan fingerprint density at radius 2 is 2.05 bits per heavy atom. The van der Waals surface area contributed by atoms with Crippen LogP contribution in [0.1, 0.15) is 11.3 Å². The van der Waals surface area contributed by atoms with Crippen LogP contribution in [0.25, 0.3) is 5.52 Å². The molecule has 0 aliphatic carbocycles. The first-order valence-electron chi connectivity index (χ1n) is 7.02. The summed E-state index contributed by atoms with van der Waals surface area (Å²) < 4.78 is 7.90. The minimum atomic E-state index is 0.514. The number of pyridine rings is 1. The van der Waals surface area contributed by atoms with E-state index in [1.807, 2.05) is 22.8 Å². The lowest BCUT2D eigenvalue weighted by Crippen LogP contribution is -2.23. The van der Waals surface area contributed by atoms with E-state index in [0.29, 0.717) is 5.92 Å². The number of aromatic nitrogens is 2. The summed E-state index contributed by atoms with van der Waals surface area (Å²) in [4.78, 5) is 0. The molecular weight excluding hydrogens is 248 g/mol. The molecule has 1 aromatic carbocycles. The number of hydrogen-bond donors (Lipinski definition) is 0. The van der Waals surface area contributed by atoms with E-state index < -0.39 is 0 Å². The van der Waals surface area contributed by atoms with Crippen molar-refractivity contribution in [3.8, 4) is 5.75 Å². The topological polar surface area (TPSA) is 26.5 Å². The standard InChI is InChI=1S/C17H16N2O/c1-2-7-17-14(4-1)10-13(12-20-17)11-16-6-3-5-15-8-9-18-19(15)16/h1-9,13H,10-12H2. The number of rotatable bonds is 2. The molecule has 0 radical (unpaired) electrons. The second-order valence-corrected chi connectivity index (χ2v) is 5.38. The van der Waals surface area contributed by atoms with E-state index in [4.69, 9.17) is 4.74 Å². The quantitative estimate of drug-likeness (QED) is 0.711. The van der Waals surface area contributed by atoms with E-state index in [-0.39, 0.29) is 0 Å². The Balaban J connectivity index is 1.60. The highest BCUT2D eigenvalue weighted by molar-refractivity contribution is 5.46. The van der Waals surface area contributed by atoms with Crippen LogP contribution in [0.3, 0.4) is 0 Å². The summed E-state index contributed by atoms with van der Waals surface area (Å²) >= 11 is 0. The Morgan fingerprint density at radius 1 is 1.10 bits per heavy atom. The van der Waals surface area contributed by atoms with Crippen molar-refractivity contribution in [1.29, 1.82) is 0 Å². The van der Waals surface area contributed by atoms with Crippen molar-refractivity contribution in [3.63, 3.8) is 0 Å². The van der Waals surface area contributed by atoms with Gasteiger partial charge >= 0.3 is 0 Å². The molecule has 0 fully saturated rings. The zero-order valence-electron chi connectivity index (χ0n) is 11.2. The normalized spacial score (nSPS) is 17.7. The summed E-state index contributed by atoms with van der Waals surface area (Å²) in [6.45, 7) is 0.786. The molecule has 0 saturated carbocycles. The maximum absolute atomic E-state index is 5.87. The Morgan fingerprint density at radius 3 is 3.05 bits per heavy atom. The average Bonchev–Trinajstić information content (AvgIpc) is 2.97. The lowest BCUT2D eigenvalue weighted by Gasteiger charge is -2.25. The van der Waals surface area contributed by atoms with Crippen LogP contribution in [0, 0.1) is 5.92 Å². The Labute approximate surface area is 117 Å². The molecule has 3 heterocycles. The minimum Gasteiger partial charge on any atom is -0.493 e. The van der Waals surface area contributed by atoms with Gasteiger partial charge in [-0.25, -0.2) is 4.52 Å². The Bertz CT molecular complexity index is 747. The van der Waals surface area contributed by atoms with Crippen LogP contribution in [0.2, 0.25) is 0 Å². The molecule has 2 aromatic heterocycles. The van der Waals surface area contributed by atoms with Crippen molar-refractivity contribution >= 4 is 5.52 Å². The maximum Gasteiger partial charge on any atom is 0.122 e. The van der Waals surface area contributed by atoms with Crippen LogP contribution in [0.4, 0.5) is 0 Å². The van der Waals surface area contributed by atoms with Gasteiger partial charge in [0.2, 0.25) is 0 Å². The zero-order valence-corrected chi connectivity index (χ0v) is 11.2. The highest BCUT2D eigenvalue weighted by atomic mass is 16.5. The smallest absolute Gasteiger partial charge is 0.122 e. The molecule has 1 atom stereocenters. The number of ether oxygens (including phenoxy) is 1. The summed E-state index contributed by atoms with van der Waals surface area (Å²) in [5, 5.41) is 4.40. The Hall–Kier alpha value is -2.29. The van der Waals surface area contributed by atoms with Crippen molar-refractivity contribution < 1.29 is 4.74 Å². The van der Waals surface area contributed by atoms with Crippen LogP contribution in [0.5, 0.6) is 5.75 Å². The van der Waals surface area contributed by atoms with Gasteiger partial charge in [0, 0.05) is 17.8 Å². The number of hydrogen-bond acceptors (Lipinski definition) is 2. The van der Waals surface area contributed by atoms with Gasteiger partial charge in [-0.15, -0.1) is 0 Å². The second kappa shape index (κ2) is 4.67. The minimum absolute atomic E-state index is 0.514. The molecule has 3 aromatic rings. The van der Waals surface area contributed by atoms with Gasteiger partial charge in [-0.3, -0.25) is 0 Å². The van der Waals surface area contributed by atoms with E-state index >= 15 is 0 Å². The largest absolute Gasteiger partial charge is 0.493 e. The lowest BCUT2D eigenvalue weighted by atomic mass is 9.92. The number of benzene rings is 1. The van der Waals surface area contributed by atoms with Crippen molar-refractivity contribution in [1.82, 2.24) is 9.61 Å². The fourth-order valence-electron chi connectivity index (χ4n) is 2.98. The summed E-state index contributed by atoms with van der Waals surface area (Å²) in [5.74, 6) is 1.56. The molecule has 0 spiro atoms. The van der Waals surface area contributed by atoms with Crippen molar-refractivity contribution in [3.05, 3.63) is 66.0 Å². The van der Waals surface area contributed by atoms with E-state index in [0.717, 1.165) is 30.7 Å². The first-order chi connectivity index (χ1) is 9.90. The van der Waals surface area contributed by atoms with E-state index in [1.165, 1.54) is 11.3 Å². The monoisotopic (exact) mass is 264 g/mol. The van der Waals surface area contributed by atoms with E-state index in [9.17, 15) is 0 Å². The average molecular weight is 264 g/mol. The van der Waals surface area contributed by atoms with Crippen molar-refractivity contribution in [2.75, 3.05) is 6.61 Å². The Kier molecular flexibility index (Phi) is 2.69. The molecular formula is C17H16N2O. The maximum atomic E-state index is 5.87. The van der Waals surface area contributed by atoms with Gasteiger partial charge in [-0.2, -0.15) is 5.10 Å². The molecule has 3 nitrogen and oxygen atoms in total.